The number of aryl methyl sites for hydroxylation is 1. The number of piperidine rings is 1. The number of guanidine groups is 1. The first-order valence-electron chi connectivity index (χ1n) is 11.1. The Balaban J connectivity index is 1.51. The van der Waals surface area contributed by atoms with Crippen LogP contribution in [-0.2, 0) is 6.54 Å². The van der Waals surface area contributed by atoms with Gasteiger partial charge in [0.2, 0.25) is 0 Å². The quantitative estimate of drug-likeness (QED) is 0.503. The largest absolute Gasteiger partial charge is 0.493 e. The predicted octanol–water partition coefficient (Wildman–Crippen LogP) is 3.57. The Hall–Kier alpha value is -1.75. The molecule has 1 aromatic rings. The summed E-state index contributed by atoms with van der Waals surface area (Å²) in [4.78, 5) is 7.25. The number of rotatable bonds is 9. The Morgan fingerprint density at radius 3 is 2.64 bits per heavy atom. The van der Waals surface area contributed by atoms with Gasteiger partial charge in [-0.1, -0.05) is 12.1 Å². The lowest BCUT2D eigenvalue weighted by Gasteiger charge is -2.29. The highest BCUT2D eigenvalue weighted by molar-refractivity contribution is 5.79. The average molecular weight is 387 g/mol. The van der Waals surface area contributed by atoms with Crippen molar-refractivity contribution in [1.82, 2.24) is 15.5 Å². The topological polar surface area (TPSA) is 48.9 Å². The zero-order chi connectivity index (χ0) is 19.8. The van der Waals surface area contributed by atoms with Crippen LogP contribution < -0.4 is 15.4 Å². The second-order valence-electron chi connectivity index (χ2n) is 8.52. The molecule has 2 N–H and O–H groups in total. The normalized spacial score (nSPS) is 18.9. The van der Waals surface area contributed by atoms with Gasteiger partial charge in [0.1, 0.15) is 5.75 Å². The van der Waals surface area contributed by atoms with Crippen LogP contribution in [0.15, 0.2) is 23.2 Å². The molecule has 5 nitrogen and oxygen atoms in total. The minimum atomic E-state index is 0.643. The number of hydrogen-bond acceptors (Lipinski definition) is 3. The monoisotopic (exact) mass is 386 g/mol. The molecule has 2 aliphatic rings. The van der Waals surface area contributed by atoms with Gasteiger partial charge in [-0.15, -0.1) is 0 Å². The third-order valence-electron chi connectivity index (χ3n) is 5.83. The van der Waals surface area contributed by atoms with Gasteiger partial charge in [0, 0.05) is 18.7 Å². The third-order valence-corrected chi connectivity index (χ3v) is 5.83. The van der Waals surface area contributed by atoms with Crippen LogP contribution in [0, 0.1) is 18.8 Å². The van der Waals surface area contributed by atoms with E-state index >= 15 is 0 Å². The number of benzene rings is 1. The van der Waals surface area contributed by atoms with E-state index in [-0.39, 0.29) is 0 Å². The van der Waals surface area contributed by atoms with Crippen LogP contribution in [0.1, 0.15) is 50.2 Å². The summed E-state index contributed by atoms with van der Waals surface area (Å²) < 4.78 is 6.09. The van der Waals surface area contributed by atoms with Crippen molar-refractivity contribution in [3.05, 3.63) is 29.3 Å². The summed E-state index contributed by atoms with van der Waals surface area (Å²) in [5.74, 6) is 3.50. The molecule has 1 saturated heterocycles. The van der Waals surface area contributed by atoms with E-state index in [1.54, 1.807) is 0 Å². The van der Waals surface area contributed by atoms with Gasteiger partial charge in [-0.05, 0) is 89.6 Å². The maximum atomic E-state index is 6.09. The van der Waals surface area contributed by atoms with Gasteiger partial charge in [0.25, 0.3) is 0 Å². The van der Waals surface area contributed by atoms with Gasteiger partial charge in [-0.3, -0.25) is 0 Å². The maximum absolute atomic E-state index is 6.09. The number of nitrogens with one attached hydrogen (secondary N) is 2. The fourth-order valence-electron chi connectivity index (χ4n) is 3.67. The van der Waals surface area contributed by atoms with Gasteiger partial charge in [-0.25, -0.2) is 4.99 Å². The zero-order valence-corrected chi connectivity index (χ0v) is 18.0. The molecule has 0 atom stereocenters. The van der Waals surface area contributed by atoms with Crippen molar-refractivity contribution in [3.8, 4) is 5.75 Å². The summed E-state index contributed by atoms with van der Waals surface area (Å²) in [5.41, 5.74) is 2.40. The summed E-state index contributed by atoms with van der Waals surface area (Å²) >= 11 is 0. The molecular formula is C23H38N4O. The predicted molar refractivity (Wildman–Crippen MR) is 117 cm³/mol. The summed E-state index contributed by atoms with van der Waals surface area (Å²) in [6, 6.07) is 6.45. The highest BCUT2D eigenvalue weighted by atomic mass is 16.5. The Morgan fingerprint density at radius 1 is 1.14 bits per heavy atom. The van der Waals surface area contributed by atoms with Gasteiger partial charge in [-0.2, -0.15) is 0 Å². The van der Waals surface area contributed by atoms with Crippen molar-refractivity contribution < 1.29 is 4.74 Å². The van der Waals surface area contributed by atoms with E-state index in [9.17, 15) is 0 Å². The van der Waals surface area contributed by atoms with Crippen LogP contribution in [0.4, 0.5) is 0 Å². The van der Waals surface area contributed by atoms with E-state index in [0.29, 0.717) is 6.54 Å². The minimum absolute atomic E-state index is 0.643. The first-order valence-corrected chi connectivity index (χ1v) is 11.1. The Labute approximate surface area is 170 Å². The van der Waals surface area contributed by atoms with Crippen LogP contribution in [0.25, 0.3) is 0 Å². The van der Waals surface area contributed by atoms with Crippen molar-refractivity contribution in [3.63, 3.8) is 0 Å². The van der Waals surface area contributed by atoms with Crippen molar-refractivity contribution in [2.45, 2.75) is 52.5 Å². The van der Waals surface area contributed by atoms with E-state index in [1.807, 2.05) is 0 Å². The molecule has 0 bridgehead atoms. The van der Waals surface area contributed by atoms with Crippen LogP contribution in [0.5, 0.6) is 5.75 Å². The van der Waals surface area contributed by atoms with E-state index in [1.165, 1.54) is 56.3 Å². The summed E-state index contributed by atoms with van der Waals surface area (Å²) in [6.45, 7) is 10.0. The molecule has 0 aromatic heterocycles. The van der Waals surface area contributed by atoms with E-state index < -0.39 is 0 Å². The lowest BCUT2D eigenvalue weighted by atomic mass is 9.94. The first kappa shape index (κ1) is 21.0. The van der Waals surface area contributed by atoms with Crippen molar-refractivity contribution in [2.75, 3.05) is 39.8 Å². The SMILES string of the molecule is CCNC(=NCc1ccc(C)cc1OCC1CC1)NCCC1CCN(C)CC1. The zero-order valence-electron chi connectivity index (χ0n) is 18.0. The molecule has 1 aromatic carbocycles. The van der Waals surface area contributed by atoms with E-state index in [4.69, 9.17) is 9.73 Å². The fraction of sp³-hybridized carbons (Fsp3) is 0.696. The number of nitrogens with zero attached hydrogens (tertiary/aromatic N) is 2. The summed E-state index contributed by atoms with van der Waals surface area (Å²) in [6.07, 6.45) is 6.47. The lowest BCUT2D eigenvalue weighted by molar-refractivity contribution is 0.213. The molecule has 2 fully saturated rings. The van der Waals surface area contributed by atoms with Gasteiger partial charge in [0.15, 0.2) is 5.96 Å². The van der Waals surface area contributed by atoms with Gasteiger partial charge < -0.3 is 20.3 Å². The van der Waals surface area contributed by atoms with Crippen molar-refractivity contribution in [1.29, 1.82) is 0 Å². The molecule has 1 heterocycles. The van der Waals surface area contributed by atoms with E-state index in [2.05, 4.69) is 54.6 Å². The molecule has 28 heavy (non-hydrogen) atoms. The van der Waals surface area contributed by atoms with E-state index in [0.717, 1.165) is 43.2 Å². The average Bonchev–Trinajstić information content (AvgIpc) is 3.51. The molecule has 1 aliphatic heterocycles. The molecule has 0 radical (unpaired) electrons. The maximum Gasteiger partial charge on any atom is 0.191 e. The Morgan fingerprint density at radius 2 is 1.93 bits per heavy atom. The smallest absolute Gasteiger partial charge is 0.191 e. The Kier molecular flexibility index (Phi) is 8.01. The molecule has 5 heteroatoms. The third kappa shape index (κ3) is 7.01. The van der Waals surface area contributed by atoms with Crippen LogP contribution in [0.2, 0.25) is 0 Å². The second-order valence-corrected chi connectivity index (χ2v) is 8.52. The first-order chi connectivity index (χ1) is 13.6. The molecule has 3 rings (SSSR count). The van der Waals surface area contributed by atoms with Crippen LogP contribution in [-0.4, -0.2) is 50.7 Å². The standard InChI is InChI=1S/C23H38N4O/c1-4-24-23(25-12-9-19-10-13-27(3)14-11-19)26-16-21-8-5-18(2)15-22(21)28-17-20-6-7-20/h5,8,15,19-20H,4,6-7,9-14,16-17H2,1-3H3,(H2,24,25,26). The molecule has 0 spiro atoms. The van der Waals surface area contributed by atoms with Crippen molar-refractivity contribution in [2.24, 2.45) is 16.8 Å². The molecule has 1 saturated carbocycles. The van der Waals surface area contributed by atoms with Crippen molar-refractivity contribution >= 4 is 5.96 Å². The second kappa shape index (κ2) is 10.7. The molecular weight excluding hydrogens is 348 g/mol. The fourth-order valence-corrected chi connectivity index (χ4v) is 3.67. The molecule has 0 unspecified atom stereocenters. The lowest BCUT2D eigenvalue weighted by Crippen LogP contribution is -2.39. The molecule has 156 valence electrons. The van der Waals surface area contributed by atoms with Gasteiger partial charge >= 0.3 is 0 Å². The number of aliphatic imine (C=N–C) groups is 1. The van der Waals surface area contributed by atoms with Crippen LogP contribution in [0.3, 0.4) is 0 Å². The minimum Gasteiger partial charge on any atom is -0.493 e. The number of hydrogen-bond donors (Lipinski definition) is 2. The van der Waals surface area contributed by atoms with Gasteiger partial charge in [0.05, 0.1) is 13.2 Å². The molecule has 0 amide bonds. The highest BCUT2D eigenvalue weighted by Crippen LogP contribution is 2.31. The summed E-state index contributed by atoms with van der Waals surface area (Å²) in [5, 5.41) is 6.90. The highest BCUT2D eigenvalue weighted by Gasteiger charge is 2.22. The summed E-state index contributed by atoms with van der Waals surface area (Å²) in [7, 11) is 2.22. The Bertz CT molecular complexity index is 633. The van der Waals surface area contributed by atoms with Crippen LogP contribution >= 0.6 is 0 Å². The number of ether oxygens (including phenoxy) is 1. The molecule has 1 aliphatic carbocycles. The number of likely N-dealkylation sites (tertiary alicyclic amines) is 1.